The number of rotatable bonds is 2. The fourth-order valence-corrected chi connectivity index (χ4v) is 4.61. The van der Waals surface area contributed by atoms with Gasteiger partial charge in [-0.05, 0) is 40.4 Å². The van der Waals surface area contributed by atoms with Gasteiger partial charge in [0.05, 0.1) is 16.4 Å². The molecule has 0 bridgehead atoms. The molecule has 2 rings (SSSR count). The van der Waals surface area contributed by atoms with E-state index in [9.17, 15) is 5.11 Å². The Labute approximate surface area is 115 Å². The molecule has 0 spiro atoms. The van der Waals surface area contributed by atoms with Crippen LogP contribution in [0.15, 0.2) is 10.7 Å². The van der Waals surface area contributed by atoms with Crippen molar-refractivity contribution in [2.24, 2.45) is 5.41 Å². The van der Waals surface area contributed by atoms with Crippen LogP contribution < -0.4 is 0 Å². The molecule has 0 aromatic carbocycles. The highest BCUT2D eigenvalue weighted by Crippen LogP contribution is 2.46. The van der Waals surface area contributed by atoms with E-state index in [1.807, 2.05) is 23.4 Å². The van der Waals surface area contributed by atoms with Crippen molar-refractivity contribution in [2.75, 3.05) is 11.5 Å². The zero-order valence-corrected chi connectivity index (χ0v) is 12.9. The summed E-state index contributed by atoms with van der Waals surface area (Å²) in [5, 5.41) is 15.3. The van der Waals surface area contributed by atoms with Crippen molar-refractivity contribution in [3.8, 4) is 0 Å². The molecule has 96 valence electrons. The van der Waals surface area contributed by atoms with Crippen molar-refractivity contribution in [1.29, 1.82) is 0 Å². The van der Waals surface area contributed by atoms with E-state index in [0.717, 1.165) is 34.6 Å². The summed E-state index contributed by atoms with van der Waals surface area (Å²) in [5.41, 5.74) is 0.331. The third-order valence-corrected chi connectivity index (χ3v) is 5.39. The molecule has 3 nitrogen and oxygen atoms in total. The van der Waals surface area contributed by atoms with Crippen molar-refractivity contribution in [2.45, 2.75) is 39.3 Å². The summed E-state index contributed by atoms with van der Waals surface area (Å²) in [7, 11) is 0. The van der Waals surface area contributed by atoms with Gasteiger partial charge in [0.2, 0.25) is 0 Å². The number of aromatic nitrogens is 2. The Morgan fingerprint density at radius 1 is 1.53 bits per heavy atom. The molecule has 1 aliphatic heterocycles. The third kappa shape index (κ3) is 2.56. The van der Waals surface area contributed by atoms with Crippen LogP contribution in [0.5, 0.6) is 0 Å². The SMILES string of the molecule is CCn1ncc(Br)c1C1(O)CSCC(C)(C)C1. The minimum absolute atomic E-state index is 0.167. The summed E-state index contributed by atoms with van der Waals surface area (Å²) in [5.74, 6) is 1.86. The van der Waals surface area contributed by atoms with Crippen molar-refractivity contribution in [1.82, 2.24) is 9.78 Å². The number of thioether (sulfide) groups is 1. The highest BCUT2D eigenvalue weighted by atomic mass is 79.9. The highest BCUT2D eigenvalue weighted by Gasteiger charge is 2.43. The fourth-order valence-electron chi connectivity index (χ4n) is 2.61. The van der Waals surface area contributed by atoms with E-state index >= 15 is 0 Å². The Kier molecular flexibility index (Phi) is 3.63. The molecule has 1 aliphatic rings. The van der Waals surface area contributed by atoms with E-state index < -0.39 is 5.60 Å². The van der Waals surface area contributed by atoms with Crippen LogP contribution in [-0.4, -0.2) is 26.4 Å². The Morgan fingerprint density at radius 2 is 2.24 bits per heavy atom. The molecule has 0 radical (unpaired) electrons. The van der Waals surface area contributed by atoms with Gasteiger partial charge in [-0.25, -0.2) is 0 Å². The number of aryl methyl sites for hydroxylation is 1. The molecule has 1 aromatic heterocycles. The molecule has 2 heterocycles. The summed E-state index contributed by atoms with van der Waals surface area (Å²) in [6, 6.07) is 0. The maximum Gasteiger partial charge on any atom is 0.117 e. The smallest absolute Gasteiger partial charge is 0.117 e. The standard InChI is InChI=1S/C12H19BrN2OS/c1-4-15-10(9(13)5-14-15)12(16)6-11(2,3)7-17-8-12/h5,16H,4,6-8H2,1-3H3. The average Bonchev–Trinajstić information content (AvgIpc) is 2.58. The number of halogens is 1. The van der Waals surface area contributed by atoms with Gasteiger partial charge >= 0.3 is 0 Å². The van der Waals surface area contributed by atoms with Gasteiger partial charge < -0.3 is 5.11 Å². The van der Waals surface area contributed by atoms with E-state index in [4.69, 9.17) is 0 Å². The van der Waals surface area contributed by atoms with Gasteiger partial charge in [-0.1, -0.05) is 13.8 Å². The molecule has 0 amide bonds. The molecular formula is C12H19BrN2OS. The van der Waals surface area contributed by atoms with Crippen LogP contribution in [0.1, 0.15) is 32.9 Å². The van der Waals surface area contributed by atoms with Gasteiger partial charge in [-0.2, -0.15) is 16.9 Å². The van der Waals surface area contributed by atoms with Crippen LogP contribution in [0.4, 0.5) is 0 Å². The molecule has 0 aliphatic carbocycles. The lowest BCUT2D eigenvalue weighted by Crippen LogP contribution is -2.41. The second-order valence-electron chi connectivity index (χ2n) is 5.52. The first kappa shape index (κ1) is 13.4. The quantitative estimate of drug-likeness (QED) is 0.910. The van der Waals surface area contributed by atoms with E-state index in [2.05, 4.69) is 34.9 Å². The molecule has 1 aromatic rings. The average molecular weight is 319 g/mol. The van der Waals surface area contributed by atoms with Gasteiger partial charge in [0.1, 0.15) is 5.60 Å². The molecule has 5 heteroatoms. The Morgan fingerprint density at radius 3 is 2.82 bits per heavy atom. The van der Waals surface area contributed by atoms with Crippen molar-refractivity contribution < 1.29 is 5.11 Å². The van der Waals surface area contributed by atoms with Gasteiger partial charge in [0.15, 0.2) is 0 Å². The molecule has 1 atom stereocenters. The van der Waals surface area contributed by atoms with Crippen LogP contribution in [-0.2, 0) is 12.1 Å². The summed E-state index contributed by atoms with van der Waals surface area (Å²) in [6.45, 7) is 7.26. The fraction of sp³-hybridized carbons (Fsp3) is 0.750. The summed E-state index contributed by atoms with van der Waals surface area (Å²) in [6.07, 6.45) is 2.57. The van der Waals surface area contributed by atoms with Gasteiger partial charge in [-0.3, -0.25) is 4.68 Å². The zero-order valence-electron chi connectivity index (χ0n) is 10.5. The van der Waals surface area contributed by atoms with Crippen LogP contribution in [0, 0.1) is 5.41 Å². The van der Waals surface area contributed by atoms with E-state index in [-0.39, 0.29) is 5.41 Å². The van der Waals surface area contributed by atoms with Gasteiger partial charge in [0.25, 0.3) is 0 Å². The predicted octanol–water partition coefficient (Wildman–Crippen LogP) is 3.02. The number of nitrogens with zero attached hydrogens (tertiary/aromatic N) is 2. The van der Waals surface area contributed by atoms with Crippen LogP contribution in [0.2, 0.25) is 0 Å². The Bertz CT molecular complexity index is 419. The molecule has 17 heavy (non-hydrogen) atoms. The lowest BCUT2D eigenvalue weighted by atomic mass is 9.80. The largest absolute Gasteiger partial charge is 0.383 e. The first-order valence-corrected chi connectivity index (χ1v) is 7.85. The molecule has 1 unspecified atom stereocenters. The predicted molar refractivity (Wildman–Crippen MR) is 75.2 cm³/mol. The molecule has 1 N–H and O–H groups in total. The molecule has 1 saturated heterocycles. The Balaban J connectivity index is 2.40. The highest BCUT2D eigenvalue weighted by molar-refractivity contribution is 9.10. The van der Waals surface area contributed by atoms with E-state index in [1.54, 1.807) is 6.20 Å². The minimum atomic E-state index is -0.766. The van der Waals surface area contributed by atoms with E-state index in [1.165, 1.54) is 0 Å². The second-order valence-corrected chi connectivity index (χ2v) is 7.36. The van der Waals surface area contributed by atoms with Crippen LogP contribution >= 0.6 is 27.7 Å². The topological polar surface area (TPSA) is 38.0 Å². The lowest BCUT2D eigenvalue weighted by Gasteiger charge is -2.41. The Hall–Kier alpha value is -0.0000000000000000555. The number of aliphatic hydroxyl groups is 1. The maximum atomic E-state index is 10.9. The normalized spacial score (nSPS) is 28.3. The van der Waals surface area contributed by atoms with Gasteiger partial charge in [-0.15, -0.1) is 0 Å². The minimum Gasteiger partial charge on any atom is -0.383 e. The molecule has 0 saturated carbocycles. The van der Waals surface area contributed by atoms with Gasteiger partial charge in [0, 0.05) is 12.3 Å². The van der Waals surface area contributed by atoms with Crippen molar-refractivity contribution in [3.05, 3.63) is 16.4 Å². The lowest BCUT2D eigenvalue weighted by molar-refractivity contribution is 0.00706. The monoisotopic (exact) mass is 318 g/mol. The van der Waals surface area contributed by atoms with Crippen LogP contribution in [0.25, 0.3) is 0 Å². The second kappa shape index (κ2) is 4.59. The maximum absolute atomic E-state index is 10.9. The molecular weight excluding hydrogens is 300 g/mol. The third-order valence-electron chi connectivity index (χ3n) is 3.14. The first-order valence-electron chi connectivity index (χ1n) is 5.90. The molecule has 1 fully saturated rings. The van der Waals surface area contributed by atoms with Crippen molar-refractivity contribution in [3.63, 3.8) is 0 Å². The van der Waals surface area contributed by atoms with E-state index in [0.29, 0.717) is 0 Å². The summed E-state index contributed by atoms with van der Waals surface area (Å²) < 4.78 is 2.81. The van der Waals surface area contributed by atoms with Crippen LogP contribution in [0.3, 0.4) is 0 Å². The first-order chi connectivity index (χ1) is 7.88. The van der Waals surface area contributed by atoms with Crippen molar-refractivity contribution >= 4 is 27.7 Å². The number of hydrogen-bond acceptors (Lipinski definition) is 3. The summed E-state index contributed by atoms with van der Waals surface area (Å²) in [4.78, 5) is 0. The zero-order chi connectivity index (χ0) is 12.7. The number of hydrogen-bond donors (Lipinski definition) is 1. The summed E-state index contributed by atoms with van der Waals surface area (Å²) >= 11 is 5.34.